The van der Waals surface area contributed by atoms with Crippen LogP contribution in [-0.2, 0) is 9.59 Å². The van der Waals surface area contributed by atoms with Crippen LogP contribution >= 0.6 is 11.6 Å². The highest BCUT2D eigenvalue weighted by Gasteiger charge is 2.13. The highest BCUT2D eigenvalue weighted by molar-refractivity contribution is 6.68. The van der Waals surface area contributed by atoms with Gasteiger partial charge in [-0.15, -0.1) is 0 Å². The highest BCUT2D eigenvalue weighted by atomic mass is 35.5. The first kappa shape index (κ1) is 7.99. The molecule has 56 valence electrons. The molecule has 0 aromatic rings. The molecule has 0 unspecified atom stereocenters. The van der Waals surface area contributed by atoms with Crippen LogP contribution in [0.15, 0.2) is 29.4 Å². The number of hydrogen-bond donors (Lipinski definition) is 0. The molecule has 0 heterocycles. The summed E-state index contributed by atoms with van der Waals surface area (Å²) in [5.74, 6) is 1.68. The lowest BCUT2D eigenvalue weighted by molar-refractivity contribution is -0.108. The molecule has 1 aliphatic rings. The van der Waals surface area contributed by atoms with Crippen LogP contribution in [0.25, 0.3) is 0 Å². The van der Waals surface area contributed by atoms with E-state index in [4.69, 9.17) is 11.6 Å². The highest BCUT2D eigenvalue weighted by Crippen LogP contribution is 2.18. The Morgan fingerprint density at radius 2 is 2.36 bits per heavy atom. The molecule has 1 rings (SSSR count). The third-order valence-corrected chi connectivity index (χ3v) is 1.58. The molecule has 11 heavy (non-hydrogen) atoms. The summed E-state index contributed by atoms with van der Waals surface area (Å²) < 4.78 is 0. The molecule has 2 nitrogen and oxygen atoms in total. The van der Waals surface area contributed by atoms with E-state index in [9.17, 15) is 9.59 Å². The minimum Gasteiger partial charge on any atom is -0.276 e. The number of carbonyl (C=O) groups is 1. The molecule has 0 N–H and O–H groups in total. The van der Waals surface area contributed by atoms with Crippen molar-refractivity contribution in [3.05, 3.63) is 29.4 Å². The van der Waals surface area contributed by atoms with Crippen molar-refractivity contribution in [2.75, 3.05) is 0 Å². The molecule has 0 atom stereocenters. The van der Waals surface area contributed by atoms with Crippen molar-refractivity contribution in [1.82, 2.24) is 0 Å². The minimum atomic E-state index is -0.604. The van der Waals surface area contributed by atoms with Gasteiger partial charge in [-0.3, -0.25) is 4.79 Å². The van der Waals surface area contributed by atoms with Crippen molar-refractivity contribution in [2.24, 2.45) is 0 Å². The summed E-state index contributed by atoms with van der Waals surface area (Å²) in [4.78, 5) is 20.9. The van der Waals surface area contributed by atoms with Gasteiger partial charge in [0.25, 0.3) is 5.24 Å². The van der Waals surface area contributed by atoms with Gasteiger partial charge in [0.15, 0.2) is 0 Å². The van der Waals surface area contributed by atoms with Gasteiger partial charge in [-0.1, -0.05) is 12.2 Å². The monoisotopic (exact) mass is 168 g/mol. The van der Waals surface area contributed by atoms with Gasteiger partial charge in [0.05, 0.1) is 5.57 Å². The SMILES string of the molecule is O=C=C1CC=CC=C1C(=O)Cl. The third-order valence-electron chi connectivity index (χ3n) is 1.38. The lowest BCUT2D eigenvalue weighted by atomic mass is 10.0. The van der Waals surface area contributed by atoms with Crippen LogP contribution < -0.4 is 0 Å². The normalized spacial score (nSPS) is 15.7. The molecule has 0 aromatic carbocycles. The molecule has 1 aliphatic carbocycles. The van der Waals surface area contributed by atoms with Crippen molar-refractivity contribution in [3.8, 4) is 0 Å². The quantitative estimate of drug-likeness (QED) is 0.438. The van der Waals surface area contributed by atoms with Crippen molar-refractivity contribution in [3.63, 3.8) is 0 Å². The van der Waals surface area contributed by atoms with Gasteiger partial charge in [0.1, 0.15) is 5.94 Å². The first-order valence-electron chi connectivity index (χ1n) is 3.06. The number of rotatable bonds is 1. The van der Waals surface area contributed by atoms with Crippen molar-refractivity contribution in [2.45, 2.75) is 6.42 Å². The standard InChI is InChI=1S/C8H5ClO2/c9-8(11)7-4-2-1-3-6(7)5-10/h1-2,4H,3H2. The predicted octanol–water partition coefficient (Wildman–Crippen LogP) is 1.40. The summed E-state index contributed by atoms with van der Waals surface area (Å²) in [6.07, 6.45) is 5.41. The second-order valence-corrected chi connectivity index (χ2v) is 2.41. The molecule has 0 aromatic heterocycles. The van der Waals surface area contributed by atoms with E-state index >= 15 is 0 Å². The van der Waals surface area contributed by atoms with Gasteiger partial charge in [-0.25, -0.2) is 4.79 Å². The van der Waals surface area contributed by atoms with E-state index in [1.54, 1.807) is 18.1 Å². The first-order valence-corrected chi connectivity index (χ1v) is 3.44. The predicted molar refractivity (Wildman–Crippen MR) is 41.9 cm³/mol. The van der Waals surface area contributed by atoms with E-state index in [-0.39, 0.29) is 5.57 Å². The van der Waals surface area contributed by atoms with Crippen LogP contribution in [0.1, 0.15) is 6.42 Å². The van der Waals surface area contributed by atoms with Crippen LogP contribution in [0.2, 0.25) is 0 Å². The van der Waals surface area contributed by atoms with Crippen LogP contribution in [0.4, 0.5) is 0 Å². The fourth-order valence-electron chi connectivity index (χ4n) is 0.842. The zero-order chi connectivity index (χ0) is 8.27. The van der Waals surface area contributed by atoms with Crippen molar-refractivity contribution >= 4 is 22.8 Å². The van der Waals surface area contributed by atoms with E-state index in [1.165, 1.54) is 6.08 Å². The molecular formula is C8H5ClO2. The van der Waals surface area contributed by atoms with Crippen LogP contribution in [-0.4, -0.2) is 11.2 Å². The first-order chi connectivity index (χ1) is 5.25. The van der Waals surface area contributed by atoms with E-state index in [2.05, 4.69) is 0 Å². The fraction of sp³-hybridized carbons (Fsp3) is 0.125. The topological polar surface area (TPSA) is 34.1 Å². The number of allylic oxidation sites excluding steroid dienone is 5. The summed E-state index contributed by atoms with van der Waals surface area (Å²) in [6, 6.07) is 0. The van der Waals surface area contributed by atoms with E-state index in [0.29, 0.717) is 12.0 Å². The zero-order valence-corrected chi connectivity index (χ0v) is 6.39. The largest absolute Gasteiger partial charge is 0.276 e. The zero-order valence-electron chi connectivity index (χ0n) is 5.63. The van der Waals surface area contributed by atoms with Gasteiger partial charge >= 0.3 is 0 Å². The maximum atomic E-state index is 10.6. The van der Waals surface area contributed by atoms with Gasteiger partial charge in [0, 0.05) is 12.0 Å². The Balaban J connectivity index is 3.06. The maximum Gasteiger partial charge on any atom is 0.253 e. The van der Waals surface area contributed by atoms with Gasteiger partial charge in [0.2, 0.25) is 0 Å². The van der Waals surface area contributed by atoms with E-state index in [0.717, 1.165) is 0 Å². The Kier molecular flexibility index (Phi) is 2.42. The van der Waals surface area contributed by atoms with Gasteiger partial charge < -0.3 is 0 Å². The molecule has 0 saturated heterocycles. The number of carbonyl (C=O) groups excluding carboxylic acids is 2. The molecule has 0 amide bonds. The Bertz CT molecular complexity index is 293. The fourth-order valence-corrected chi connectivity index (χ4v) is 1.02. The molecule has 0 fully saturated rings. The average Bonchev–Trinajstić information content (AvgIpc) is 2.04. The summed E-state index contributed by atoms with van der Waals surface area (Å²) in [7, 11) is 0. The Morgan fingerprint density at radius 3 is 2.82 bits per heavy atom. The molecule has 0 bridgehead atoms. The van der Waals surface area contributed by atoms with Crippen molar-refractivity contribution in [1.29, 1.82) is 0 Å². The molecule has 0 radical (unpaired) electrons. The maximum absolute atomic E-state index is 10.6. The van der Waals surface area contributed by atoms with Crippen LogP contribution in [0.3, 0.4) is 0 Å². The number of halogens is 1. The van der Waals surface area contributed by atoms with E-state index in [1.807, 2.05) is 0 Å². The average molecular weight is 169 g/mol. The van der Waals surface area contributed by atoms with Gasteiger partial charge in [-0.05, 0) is 17.7 Å². The second kappa shape index (κ2) is 3.33. The number of hydrogen-bond acceptors (Lipinski definition) is 2. The second-order valence-electron chi connectivity index (χ2n) is 2.07. The lowest BCUT2D eigenvalue weighted by Gasteiger charge is -2.03. The van der Waals surface area contributed by atoms with Crippen LogP contribution in [0.5, 0.6) is 0 Å². The summed E-state index contributed by atoms with van der Waals surface area (Å²) >= 11 is 5.19. The Labute approximate surface area is 68.8 Å². The van der Waals surface area contributed by atoms with E-state index < -0.39 is 5.24 Å². The Hall–Kier alpha value is -1.11. The third kappa shape index (κ3) is 1.67. The summed E-state index contributed by atoms with van der Waals surface area (Å²) in [5, 5.41) is -0.604. The molecular weight excluding hydrogens is 164 g/mol. The summed E-state index contributed by atoms with van der Waals surface area (Å²) in [6.45, 7) is 0. The lowest BCUT2D eigenvalue weighted by Crippen LogP contribution is -2.00. The molecule has 3 heteroatoms. The molecule has 0 aliphatic heterocycles. The van der Waals surface area contributed by atoms with Gasteiger partial charge in [-0.2, -0.15) is 0 Å². The smallest absolute Gasteiger partial charge is 0.253 e. The Morgan fingerprint density at radius 1 is 1.64 bits per heavy atom. The summed E-state index contributed by atoms with van der Waals surface area (Å²) in [5.41, 5.74) is 0.580. The van der Waals surface area contributed by atoms with Crippen LogP contribution in [0, 0.1) is 0 Å². The molecule has 0 spiro atoms. The van der Waals surface area contributed by atoms with Crippen molar-refractivity contribution < 1.29 is 9.59 Å². The minimum absolute atomic E-state index is 0.254. The molecule has 0 saturated carbocycles.